The van der Waals surface area contributed by atoms with Crippen LogP contribution in [0.4, 0.5) is 0 Å². The lowest BCUT2D eigenvalue weighted by Crippen LogP contribution is -2.46. The van der Waals surface area contributed by atoms with Gasteiger partial charge in [-0.3, -0.25) is 9.59 Å². The quantitative estimate of drug-likeness (QED) is 0.887. The van der Waals surface area contributed by atoms with Gasteiger partial charge in [-0.1, -0.05) is 6.92 Å². The maximum absolute atomic E-state index is 12.1. The number of aromatic nitrogens is 2. The van der Waals surface area contributed by atoms with Gasteiger partial charge in [0, 0.05) is 20.0 Å². The predicted molar refractivity (Wildman–Crippen MR) is 68.3 cm³/mol. The van der Waals surface area contributed by atoms with Crippen LogP contribution in [-0.2, 0) is 16.6 Å². The summed E-state index contributed by atoms with van der Waals surface area (Å²) in [6, 6.07) is -0.411. The molecule has 0 unspecified atom stereocenters. The number of rotatable bonds is 4. The molecule has 6 heteroatoms. The minimum atomic E-state index is -0.847. The van der Waals surface area contributed by atoms with Crippen molar-refractivity contribution in [2.24, 2.45) is 13.0 Å². The molecule has 19 heavy (non-hydrogen) atoms. The van der Waals surface area contributed by atoms with Gasteiger partial charge >= 0.3 is 5.97 Å². The van der Waals surface area contributed by atoms with Crippen molar-refractivity contribution in [3.63, 3.8) is 0 Å². The molecule has 104 valence electrons. The van der Waals surface area contributed by atoms with Crippen molar-refractivity contribution in [3.8, 4) is 0 Å². The van der Waals surface area contributed by atoms with Crippen LogP contribution in [0.5, 0.6) is 0 Å². The summed E-state index contributed by atoms with van der Waals surface area (Å²) < 4.78 is 1.79. The lowest BCUT2D eigenvalue weighted by atomic mass is 9.86. The average molecular weight is 265 g/mol. The van der Waals surface area contributed by atoms with Gasteiger partial charge in [0.1, 0.15) is 0 Å². The topological polar surface area (TPSA) is 75.4 Å². The van der Waals surface area contributed by atoms with E-state index in [1.165, 1.54) is 0 Å². The number of hydrogen-bond acceptors (Lipinski definition) is 3. The number of carboxylic acids is 1. The number of aryl methyl sites for hydroxylation is 1. The number of aliphatic carboxylic acids is 1. The van der Waals surface area contributed by atoms with E-state index >= 15 is 0 Å². The molecule has 1 saturated heterocycles. The van der Waals surface area contributed by atoms with Crippen LogP contribution < -0.4 is 0 Å². The van der Waals surface area contributed by atoms with Crippen molar-refractivity contribution in [1.29, 1.82) is 0 Å². The molecule has 0 spiro atoms. The largest absolute Gasteiger partial charge is 0.481 e. The van der Waals surface area contributed by atoms with Gasteiger partial charge in [-0.15, -0.1) is 0 Å². The zero-order valence-electron chi connectivity index (χ0n) is 11.2. The van der Waals surface area contributed by atoms with E-state index in [0.717, 1.165) is 12.1 Å². The fourth-order valence-electron chi connectivity index (χ4n) is 2.73. The number of carbonyl (C=O) groups is 2. The normalized spacial score (nSPS) is 23.7. The number of likely N-dealkylation sites (tertiary alicyclic amines) is 1. The van der Waals surface area contributed by atoms with Crippen LogP contribution in [0.15, 0.2) is 12.5 Å². The number of hydrogen-bond donors (Lipinski definition) is 1. The molecule has 0 aromatic carbocycles. The molecule has 1 amide bonds. The van der Waals surface area contributed by atoms with Gasteiger partial charge in [0.15, 0.2) is 0 Å². The molecular formula is C13H19N3O3. The summed E-state index contributed by atoms with van der Waals surface area (Å²) in [5, 5.41) is 9.40. The van der Waals surface area contributed by atoms with Crippen molar-refractivity contribution in [1.82, 2.24) is 14.5 Å². The van der Waals surface area contributed by atoms with Crippen LogP contribution in [0, 0.1) is 5.92 Å². The first-order valence-electron chi connectivity index (χ1n) is 6.54. The van der Waals surface area contributed by atoms with Crippen molar-refractivity contribution < 1.29 is 14.7 Å². The molecule has 2 rings (SSSR count). The second-order valence-corrected chi connectivity index (χ2v) is 4.94. The maximum atomic E-state index is 12.1. The number of nitrogens with zero attached hydrogens (tertiary/aromatic N) is 3. The second kappa shape index (κ2) is 5.42. The number of carboxylic acid groups (broad SMARTS) is 1. The first kappa shape index (κ1) is 13.6. The molecule has 0 aliphatic carbocycles. The third-order valence-electron chi connectivity index (χ3n) is 3.65. The van der Waals surface area contributed by atoms with Crippen molar-refractivity contribution >= 4 is 11.9 Å². The fourth-order valence-corrected chi connectivity index (χ4v) is 2.73. The van der Waals surface area contributed by atoms with Gasteiger partial charge in [0.25, 0.3) is 0 Å². The predicted octanol–water partition coefficient (Wildman–Crippen LogP) is 1.19. The Morgan fingerprint density at radius 3 is 2.84 bits per heavy atom. The molecule has 1 aliphatic heterocycles. The highest BCUT2D eigenvalue weighted by Crippen LogP contribution is 2.36. The Balaban J connectivity index is 2.41. The third-order valence-corrected chi connectivity index (χ3v) is 3.65. The minimum Gasteiger partial charge on any atom is -0.481 e. The molecule has 1 N–H and O–H groups in total. The highest BCUT2D eigenvalue weighted by Gasteiger charge is 2.41. The van der Waals surface area contributed by atoms with Gasteiger partial charge in [0.2, 0.25) is 5.91 Å². The zero-order valence-corrected chi connectivity index (χ0v) is 11.2. The van der Waals surface area contributed by atoms with Crippen molar-refractivity contribution in [2.75, 3.05) is 6.54 Å². The average Bonchev–Trinajstić information content (AvgIpc) is 2.77. The van der Waals surface area contributed by atoms with E-state index in [2.05, 4.69) is 4.98 Å². The summed E-state index contributed by atoms with van der Waals surface area (Å²) in [5.74, 6) is -1.37. The summed E-state index contributed by atoms with van der Waals surface area (Å²) in [6.07, 6.45) is 4.81. The first-order chi connectivity index (χ1) is 9.06. The Bertz CT molecular complexity index is 483. The van der Waals surface area contributed by atoms with E-state index in [4.69, 9.17) is 0 Å². The maximum Gasteiger partial charge on any atom is 0.309 e. The Hall–Kier alpha value is -1.85. The highest BCUT2D eigenvalue weighted by atomic mass is 16.4. The Labute approximate surface area is 112 Å². The summed E-state index contributed by atoms with van der Waals surface area (Å²) in [7, 11) is 1.82. The molecule has 0 radical (unpaired) electrons. The molecule has 1 fully saturated rings. The van der Waals surface area contributed by atoms with E-state index in [1.54, 1.807) is 22.0 Å². The van der Waals surface area contributed by atoms with Crippen LogP contribution in [0.1, 0.15) is 37.9 Å². The van der Waals surface area contributed by atoms with Crippen LogP contribution in [0.3, 0.4) is 0 Å². The highest BCUT2D eigenvalue weighted by molar-refractivity contribution is 5.81. The van der Waals surface area contributed by atoms with Gasteiger partial charge in [0.05, 0.1) is 30.2 Å². The fraction of sp³-hybridized carbons (Fsp3) is 0.615. The standard InChI is InChI=1S/C13H19N3O3/c1-3-6-16-11(17)5-4-9(13(18)19)12(16)10-7-14-8-15(10)2/h7-9,12H,3-6H2,1-2H3,(H,18,19)/t9-,12+/m1/s1. The minimum absolute atomic E-state index is 0.0329. The third kappa shape index (κ3) is 2.47. The molecule has 1 aliphatic rings. The molecule has 0 saturated carbocycles. The lowest BCUT2D eigenvalue weighted by Gasteiger charge is -2.39. The Morgan fingerprint density at radius 2 is 2.32 bits per heavy atom. The summed E-state index contributed by atoms with van der Waals surface area (Å²) in [6.45, 7) is 2.57. The summed E-state index contributed by atoms with van der Waals surface area (Å²) in [5.41, 5.74) is 0.786. The van der Waals surface area contributed by atoms with Gasteiger partial charge in [-0.25, -0.2) is 4.98 Å². The Kier molecular flexibility index (Phi) is 3.87. The molecule has 1 aromatic heterocycles. The van der Waals surface area contributed by atoms with E-state index in [9.17, 15) is 14.7 Å². The van der Waals surface area contributed by atoms with E-state index in [-0.39, 0.29) is 5.91 Å². The SMILES string of the molecule is CCCN1C(=O)CC[C@@H](C(=O)O)[C@H]1c1cncn1C. The number of piperidine rings is 1. The van der Waals surface area contributed by atoms with E-state index < -0.39 is 17.9 Å². The number of carbonyl (C=O) groups excluding carboxylic acids is 1. The zero-order chi connectivity index (χ0) is 14.0. The van der Waals surface area contributed by atoms with Crippen LogP contribution in [-0.4, -0.2) is 38.0 Å². The molecule has 2 heterocycles. The number of amides is 1. The summed E-state index contributed by atoms with van der Waals surface area (Å²) in [4.78, 5) is 29.3. The van der Waals surface area contributed by atoms with Crippen molar-refractivity contribution in [2.45, 2.75) is 32.2 Å². The molecule has 1 aromatic rings. The van der Waals surface area contributed by atoms with Crippen LogP contribution in [0.25, 0.3) is 0 Å². The Morgan fingerprint density at radius 1 is 1.58 bits per heavy atom. The second-order valence-electron chi connectivity index (χ2n) is 4.94. The molecule has 0 bridgehead atoms. The molecule has 2 atom stereocenters. The van der Waals surface area contributed by atoms with Crippen LogP contribution in [0.2, 0.25) is 0 Å². The van der Waals surface area contributed by atoms with Gasteiger partial charge < -0.3 is 14.6 Å². The first-order valence-corrected chi connectivity index (χ1v) is 6.54. The van der Waals surface area contributed by atoms with Gasteiger partial charge in [-0.2, -0.15) is 0 Å². The summed E-state index contributed by atoms with van der Waals surface area (Å²) >= 11 is 0. The van der Waals surface area contributed by atoms with Crippen LogP contribution >= 0.6 is 0 Å². The number of imidazole rings is 1. The monoisotopic (exact) mass is 265 g/mol. The van der Waals surface area contributed by atoms with Gasteiger partial charge in [-0.05, 0) is 12.8 Å². The lowest BCUT2D eigenvalue weighted by molar-refractivity contribution is -0.152. The molecular weight excluding hydrogens is 246 g/mol. The van der Waals surface area contributed by atoms with Crippen molar-refractivity contribution in [3.05, 3.63) is 18.2 Å². The van der Waals surface area contributed by atoms with E-state index in [1.807, 2.05) is 14.0 Å². The smallest absolute Gasteiger partial charge is 0.309 e. The molecule has 6 nitrogen and oxygen atoms in total. The van der Waals surface area contributed by atoms with E-state index in [0.29, 0.717) is 19.4 Å².